The van der Waals surface area contributed by atoms with Crippen molar-refractivity contribution >= 4 is 12.0 Å². The fourth-order valence-electron chi connectivity index (χ4n) is 3.33. The smallest absolute Gasteiger partial charge is 0.303 e. The van der Waals surface area contributed by atoms with E-state index in [1.807, 2.05) is 25.1 Å². The molecule has 1 aliphatic carbocycles. The average Bonchev–Trinajstić information content (AvgIpc) is 2.46. The zero-order chi connectivity index (χ0) is 17.0. The highest BCUT2D eigenvalue weighted by Gasteiger charge is 2.40. The van der Waals surface area contributed by atoms with E-state index in [0.717, 1.165) is 42.4 Å². The fraction of sp³-hybridized carbons (Fsp3) is 0.526. The van der Waals surface area contributed by atoms with Crippen molar-refractivity contribution < 1.29 is 20.1 Å². The van der Waals surface area contributed by atoms with E-state index in [9.17, 15) is 15.0 Å². The Balaban J connectivity index is 2.02. The third kappa shape index (κ3) is 4.14. The predicted octanol–water partition coefficient (Wildman–Crippen LogP) is 4.17. The van der Waals surface area contributed by atoms with Gasteiger partial charge in [-0.15, -0.1) is 0 Å². The number of aliphatic hydroxyl groups excluding tert-OH is 1. The van der Waals surface area contributed by atoms with Crippen LogP contribution in [0.15, 0.2) is 24.0 Å². The molecule has 0 fully saturated rings. The third-order valence-electron chi connectivity index (χ3n) is 4.74. The summed E-state index contributed by atoms with van der Waals surface area (Å²) in [6, 6.07) is 6.10. The predicted molar refractivity (Wildman–Crippen MR) is 90.5 cm³/mol. The number of hydrogen-bond donors (Lipinski definition) is 3. The molecule has 4 nitrogen and oxygen atoms in total. The van der Waals surface area contributed by atoms with Crippen LogP contribution in [0, 0.1) is 6.92 Å². The van der Waals surface area contributed by atoms with Crippen LogP contribution in [0.5, 0.6) is 0 Å². The summed E-state index contributed by atoms with van der Waals surface area (Å²) in [6.45, 7) is 3.67. The first-order valence-electron chi connectivity index (χ1n) is 8.28. The lowest BCUT2D eigenvalue weighted by molar-refractivity contribution is -0.137. The Hall–Kier alpha value is -1.81. The van der Waals surface area contributed by atoms with Gasteiger partial charge in [0.05, 0.1) is 0 Å². The van der Waals surface area contributed by atoms with Crippen LogP contribution in [-0.4, -0.2) is 26.9 Å². The van der Waals surface area contributed by atoms with Crippen LogP contribution in [0.2, 0.25) is 0 Å². The van der Waals surface area contributed by atoms with Gasteiger partial charge < -0.3 is 15.3 Å². The molecular formula is C19H26O4. The van der Waals surface area contributed by atoms with Gasteiger partial charge in [0.1, 0.15) is 11.4 Å². The number of fused-ring (bicyclic) bond motifs is 1. The second-order valence-corrected chi connectivity index (χ2v) is 6.71. The Morgan fingerprint density at radius 2 is 1.91 bits per heavy atom. The summed E-state index contributed by atoms with van der Waals surface area (Å²) < 4.78 is 0. The van der Waals surface area contributed by atoms with Gasteiger partial charge in [0.25, 0.3) is 0 Å². The standard InChI is InChI=1S/C19H26O4/c1-13-9-10-15-14(11-13)12-17(20)19(2,23)16(15)7-5-3-4-6-8-18(21)22/h9-12,16,20,23H,3-8H2,1-2H3,(H,21,22). The minimum absolute atomic E-state index is 0.0199. The summed E-state index contributed by atoms with van der Waals surface area (Å²) in [5, 5.41) is 29.5. The maximum atomic E-state index is 10.7. The molecule has 1 aromatic rings. The number of unbranched alkanes of at least 4 members (excludes halogenated alkanes) is 3. The minimum atomic E-state index is -1.25. The number of rotatable bonds is 7. The monoisotopic (exact) mass is 318 g/mol. The lowest BCUT2D eigenvalue weighted by atomic mass is 9.73. The number of carboxylic acids is 1. The first kappa shape index (κ1) is 17.5. The van der Waals surface area contributed by atoms with E-state index >= 15 is 0 Å². The molecule has 1 aliphatic rings. The summed E-state index contributed by atoms with van der Waals surface area (Å²) in [6.07, 6.45) is 6.06. The van der Waals surface area contributed by atoms with Crippen LogP contribution >= 0.6 is 0 Å². The first-order chi connectivity index (χ1) is 10.8. The third-order valence-corrected chi connectivity index (χ3v) is 4.74. The number of benzene rings is 1. The van der Waals surface area contributed by atoms with E-state index in [-0.39, 0.29) is 18.1 Å². The zero-order valence-electron chi connectivity index (χ0n) is 13.9. The highest BCUT2D eigenvalue weighted by atomic mass is 16.4. The Labute approximate surface area is 137 Å². The second kappa shape index (κ2) is 7.18. The molecule has 0 aliphatic heterocycles. The first-order valence-corrected chi connectivity index (χ1v) is 8.28. The van der Waals surface area contributed by atoms with Crippen LogP contribution < -0.4 is 0 Å². The maximum absolute atomic E-state index is 10.7. The average molecular weight is 318 g/mol. The molecule has 1 aromatic carbocycles. The molecule has 0 radical (unpaired) electrons. The van der Waals surface area contributed by atoms with Gasteiger partial charge in [0.2, 0.25) is 0 Å². The van der Waals surface area contributed by atoms with Crippen LogP contribution in [0.3, 0.4) is 0 Å². The molecule has 0 saturated heterocycles. The van der Waals surface area contributed by atoms with E-state index in [1.165, 1.54) is 0 Å². The van der Waals surface area contributed by atoms with Gasteiger partial charge in [-0.25, -0.2) is 0 Å². The van der Waals surface area contributed by atoms with Crippen LogP contribution in [-0.2, 0) is 4.79 Å². The number of hydrogen-bond acceptors (Lipinski definition) is 3. The molecule has 126 valence electrons. The van der Waals surface area contributed by atoms with Crippen LogP contribution in [0.4, 0.5) is 0 Å². The molecule has 0 spiro atoms. The van der Waals surface area contributed by atoms with E-state index in [4.69, 9.17) is 5.11 Å². The van der Waals surface area contributed by atoms with Crippen molar-refractivity contribution in [3.8, 4) is 0 Å². The SMILES string of the molecule is Cc1ccc2c(c1)C=C(O)C(C)(O)C2CCCCCCC(=O)O. The molecule has 0 aromatic heterocycles. The van der Waals surface area contributed by atoms with Crippen molar-refractivity contribution in [2.75, 3.05) is 0 Å². The number of carbonyl (C=O) groups is 1. The topological polar surface area (TPSA) is 77.8 Å². The Bertz CT molecular complexity index is 601. The molecule has 2 atom stereocenters. The largest absolute Gasteiger partial charge is 0.509 e. The molecule has 2 unspecified atom stereocenters. The van der Waals surface area contributed by atoms with Gasteiger partial charge in [-0.1, -0.05) is 43.0 Å². The second-order valence-electron chi connectivity index (χ2n) is 6.71. The Morgan fingerprint density at radius 3 is 2.61 bits per heavy atom. The highest BCUT2D eigenvalue weighted by molar-refractivity contribution is 5.66. The van der Waals surface area contributed by atoms with E-state index in [0.29, 0.717) is 6.42 Å². The lowest BCUT2D eigenvalue weighted by Gasteiger charge is -2.37. The molecule has 4 heteroatoms. The molecule has 0 heterocycles. The molecule has 0 saturated carbocycles. The maximum Gasteiger partial charge on any atom is 0.303 e. The molecular weight excluding hydrogens is 292 g/mol. The summed E-state index contributed by atoms with van der Waals surface area (Å²) in [4.78, 5) is 10.5. The van der Waals surface area contributed by atoms with Gasteiger partial charge in [-0.05, 0) is 43.9 Å². The summed E-state index contributed by atoms with van der Waals surface area (Å²) in [7, 11) is 0. The van der Waals surface area contributed by atoms with E-state index in [1.54, 1.807) is 13.0 Å². The molecule has 3 N–H and O–H groups in total. The molecule has 23 heavy (non-hydrogen) atoms. The molecule has 0 amide bonds. The number of carboxylic acid groups (broad SMARTS) is 1. The fourth-order valence-corrected chi connectivity index (χ4v) is 3.33. The summed E-state index contributed by atoms with van der Waals surface area (Å²) in [5.41, 5.74) is 1.93. The van der Waals surface area contributed by atoms with Gasteiger partial charge in [0, 0.05) is 12.3 Å². The van der Waals surface area contributed by atoms with Crippen molar-refractivity contribution in [2.24, 2.45) is 0 Å². The van der Waals surface area contributed by atoms with Crippen molar-refractivity contribution in [3.05, 3.63) is 40.6 Å². The minimum Gasteiger partial charge on any atom is -0.509 e. The lowest BCUT2D eigenvalue weighted by Crippen LogP contribution is -2.37. The van der Waals surface area contributed by atoms with Crippen molar-refractivity contribution in [1.82, 2.24) is 0 Å². The van der Waals surface area contributed by atoms with Crippen LogP contribution in [0.1, 0.15) is 68.1 Å². The number of aliphatic carboxylic acids is 1. The Morgan fingerprint density at radius 1 is 1.22 bits per heavy atom. The van der Waals surface area contributed by atoms with Gasteiger partial charge >= 0.3 is 5.97 Å². The zero-order valence-corrected chi connectivity index (χ0v) is 13.9. The molecule has 0 bridgehead atoms. The quantitative estimate of drug-likeness (QED) is 0.659. The number of aliphatic hydroxyl groups is 2. The van der Waals surface area contributed by atoms with Crippen molar-refractivity contribution in [2.45, 2.75) is 63.9 Å². The van der Waals surface area contributed by atoms with Crippen molar-refractivity contribution in [1.29, 1.82) is 0 Å². The van der Waals surface area contributed by atoms with Crippen molar-refractivity contribution in [3.63, 3.8) is 0 Å². The van der Waals surface area contributed by atoms with Gasteiger partial charge in [-0.2, -0.15) is 0 Å². The molecule has 2 rings (SSSR count). The summed E-state index contributed by atoms with van der Waals surface area (Å²) >= 11 is 0. The van der Waals surface area contributed by atoms with Gasteiger partial charge in [0.15, 0.2) is 0 Å². The van der Waals surface area contributed by atoms with Gasteiger partial charge in [-0.3, -0.25) is 4.79 Å². The normalized spacial score (nSPS) is 23.3. The van der Waals surface area contributed by atoms with E-state index in [2.05, 4.69) is 0 Å². The van der Waals surface area contributed by atoms with Crippen LogP contribution in [0.25, 0.3) is 6.08 Å². The Kier molecular flexibility index (Phi) is 5.47. The summed E-state index contributed by atoms with van der Waals surface area (Å²) in [5.74, 6) is -0.867. The number of aryl methyl sites for hydroxylation is 1. The highest BCUT2D eigenvalue weighted by Crippen LogP contribution is 2.43. The van der Waals surface area contributed by atoms with E-state index < -0.39 is 11.6 Å².